The molecule has 0 amide bonds. The van der Waals surface area contributed by atoms with Crippen LogP contribution in [0.4, 0.5) is 5.69 Å². The number of nitrogens with zero attached hydrogens (tertiary/aromatic N) is 1. The normalized spacial score (nSPS) is 10.0. The second-order valence-corrected chi connectivity index (χ2v) is 6.04. The summed E-state index contributed by atoms with van der Waals surface area (Å²) in [6, 6.07) is 7.79. The number of nitro groups is 1. The Morgan fingerprint density at radius 1 is 0.871 bits per heavy atom. The zero-order valence-electron chi connectivity index (χ0n) is 16.7. The lowest BCUT2D eigenvalue weighted by Crippen LogP contribution is -2.13. The molecule has 2 rings (SSSR count). The van der Waals surface area contributed by atoms with Crippen LogP contribution in [0.1, 0.15) is 36.7 Å². The Morgan fingerprint density at radius 2 is 1.39 bits per heavy atom. The van der Waals surface area contributed by atoms with Crippen molar-refractivity contribution in [1.29, 1.82) is 0 Å². The maximum Gasteiger partial charge on any atom is 0.338 e. The van der Waals surface area contributed by atoms with E-state index in [-0.39, 0.29) is 34.1 Å². The van der Waals surface area contributed by atoms with Gasteiger partial charge in [0.15, 0.2) is 11.5 Å². The lowest BCUT2D eigenvalue weighted by atomic mass is 10.1. The maximum absolute atomic E-state index is 12.5. The molecule has 2 aromatic carbocycles. The smallest absolute Gasteiger partial charge is 0.338 e. The van der Waals surface area contributed by atoms with Gasteiger partial charge in [-0.1, -0.05) is 12.1 Å². The molecule has 0 bridgehead atoms. The van der Waals surface area contributed by atoms with E-state index in [9.17, 15) is 29.3 Å². The number of ether oxygens (including phenoxy) is 4. The number of carbonyl (C=O) groups excluding carboxylic acids is 4. The Labute approximate surface area is 175 Å². The van der Waals surface area contributed by atoms with Crippen LogP contribution >= 0.6 is 0 Å². The van der Waals surface area contributed by atoms with Crippen molar-refractivity contribution < 1.29 is 43.0 Å². The molecular formula is C20H17NO10. The van der Waals surface area contributed by atoms with Crippen LogP contribution in [0.15, 0.2) is 36.4 Å². The van der Waals surface area contributed by atoms with Gasteiger partial charge in [-0.15, -0.1) is 0 Å². The van der Waals surface area contributed by atoms with Crippen LogP contribution in [0.2, 0.25) is 0 Å². The van der Waals surface area contributed by atoms with Crippen molar-refractivity contribution in [3.8, 4) is 17.2 Å². The Balaban J connectivity index is 2.41. The van der Waals surface area contributed by atoms with Crippen molar-refractivity contribution in [3.63, 3.8) is 0 Å². The number of hydrogen-bond donors (Lipinski definition) is 0. The second-order valence-electron chi connectivity index (χ2n) is 6.04. The molecule has 0 spiro atoms. The first-order chi connectivity index (χ1) is 14.6. The van der Waals surface area contributed by atoms with Crippen LogP contribution in [-0.2, 0) is 25.7 Å². The van der Waals surface area contributed by atoms with E-state index >= 15 is 0 Å². The summed E-state index contributed by atoms with van der Waals surface area (Å²) in [6.07, 6.45) is 0. The maximum atomic E-state index is 12.5. The molecule has 0 saturated carbocycles. The Kier molecular flexibility index (Phi) is 7.39. The summed E-state index contributed by atoms with van der Waals surface area (Å²) in [4.78, 5) is 57.3. The predicted molar refractivity (Wildman–Crippen MR) is 103 cm³/mol. The largest absolute Gasteiger partial charge is 0.457 e. The van der Waals surface area contributed by atoms with Gasteiger partial charge in [0.1, 0.15) is 6.61 Å². The first-order valence-electron chi connectivity index (χ1n) is 8.71. The number of esters is 4. The first-order valence-corrected chi connectivity index (χ1v) is 8.71. The summed E-state index contributed by atoms with van der Waals surface area (Å²) < 4.78 is 20.0. The highest BCUT2D eigenvalue weighted by Crippen LogP contribution is 2.39. The molecule has 0 atom stereocenters. The lowest BCUT2D eigenvalue weighted by molar-refractivity contribution is -0.385. The van der Waals surface area contributed by atoms with E-state index in [1.807, 2.05) is 0 Å². The molecular weight excluding hydrogens is 414 g/mol. The molecule has 0 aromatic heterocycles. The SMILES string of the molecule is CC(=O)Oc1cc(C(=O)OCc2ccccc2[N+](=O)[O-])cc(OC(C)=O)c1OC(C)=O. The molecule has 0 aliphatic rings. The number of carbonyl (C=O) groups is 4. The fourth-order valence-electron chi connectivity index (χ4n) is 2.44. The van der Waals surface area contributed by atoms with E-state index in [0.717, 1.165) is 32.9 Å². The lowest BCUT2D eigenvalue weighted by Gasteiger charge is -2.14. The quantitative estimate of drug-likeness (QED) is 0.277. The average molecular weight is 431 g/mol. The molecule has 162 valence electrons. The molecule has 0 saturated heterocycles. The summed E-state index contributed by atoms with van der Waals surface area (Å²) in [5.41, 5.74) is -0.304. The van der Waals surface area contributed by atoms with Gasteiger partial charge in [0, 0.05) is 26.8 Å². The van der Waals surface area contributed by atoms with E-state index < -0.39 is 35.4 Å². The van der Waals surface area contributed by atoms with Gasteiger partial charge < -0.3 is 18.9 Å². The number of para-hydroxylation sites is 1. The van der Waals surface area contributed by atoms with Crippen LogP contribution in [0.3, 0.4) is 0 Å². The van der Waals surface area contributed by atoms with Crippen molar-refractivity contribution in [1.82, 2.24) is 0 Å². The van der Waals surface area contributed by atoms with E-state index in [0.29, 0.717) is 0 Å². The molecule has 0 N–H and O–H groups in total. The highest BCUT2D eigenvalue weighted by atomic mass is 16.6. The van der Waals surface area contributed by atoms with Gasteiger partial charge in [-0.3, -0.25) is 24.5 Å². The molecule has 0 aliphatic heterocycles. The average Bonchev–Trinajstić information content (AvgIpc) is 2.67. The number of benzene rings is 2. The first kappa shape index (κ1) is 23.0. The molecule has 0 radical (unpaired) electrons. The van der Waals surface area contributed by atoms with Gasteiger partial charge in [-0.05, 0) is 18.2 Å². The molecule has 0 heterocycles. The van der Waals surface area contributed by atoms with E-state index in [2.05, 4.69) is 0 Å². The number of nitro benzene ring substituents is 1. The number of rotatable bonds is 7. The Morgan fingerprint density at radius 3 is 1.87 bits per heavy atom. The monoisotopic (exact) mass is 431 g/mol. The van der Waals surface area contributed by atoms with Crippen LogP contribution in [0, 0.1) is 10.1 Å². The van der Waals surface area contributed by atoms with Gasteiger partial charge >= 0.3 is 23.9 Å². The Hall–Kier alpha value is -4.28. The molecule has 0 unspecified atom stereocenters. The molecule has 2 aromatic rings. The predicted octanol–water partition coefficient (Wildman–Crippen LogP) is 2.73. The fraction of sp³-hybridized carbons (Fsp3) is 0.200. The third kappa shape index (κ3) is 6.35. The summed E-state index contributed by atoms with van der Waals surface area (Å²) in [5.74, 6) is -4.46. The van der Waals surface area contributed by atoms with Gasteiger partial charge in [0.25, 0.3) is 5.69 Å². The molecule has 11 nitrogen and oxygen atoms in total. The van der Waals surface area contributed by atoms with Gasteiger partial charge in [0.05, 0.1) is 16.1 Å². The number of hydrogen-bond acceptors (Lipinski definition) is 10. The summed E-state index contributed by atoms with van der Waals surface area (Å²) in [7, 11) is 0. The van der Waals surface area contributed by atoms with Crippen LogP contribution in [0.25, 0.3) is 0 Å². The third-order valence-corrected chi connectivity index (χ3v) is 3.56. The van der Waals surface area contributed by atoms with Gasteiger partial charge in [0.2, 0.25) is 5.75 Å². The molecule has 31 heavy (non-hydrogen) atoms. The summed E-state index contributed by atoms with van der Waals surface area (Å²) in [6.45, 7) is 2.79. The highest BCUT2D eigenvalue weighted by Gasteiger charge is 2.23. The topological polar surface area (TPSA) is 148 Å². The molecule has 0 aliphatic carbocycles. The summed E-state index contributed by atoms with van der Waals surface area (Å²) >= 11 is 0. The Bertz CT molecular complexity index is 1020. The zero-order chi connectivity index (χ0) is 23.1. The highest BCUT2D eigenvalue weighted by molar-refractivity contribution is 5.92. The minimum atomic E-state index is -0.964. The van der Waals surface area contributed by atoms with Crippen molar-refractivity contribution in [3.05, 3.63) is 57.6 Å². The van der Waals surface area contributed by atoms with Crippen molar-refractivity contribution in [2.45, 2.75) is 27.4 Å². The second kappa shape index (κ2) is 9.96. The third-order valence-electron chi connectivity index (χ3n) is 3.56. The van der Waals surface area contributed by atoms with E-state index in [4.69, 9.17) is 18.9 Å². The van der Waals surface area contributed by atoms with Gasteiger partial charge in [-0.2, -0.15) is 0 Å². The van der Waals surface area contributed by atoms with Crippen LogP contribution < -0.4 is 14.2 Å². The minimum Gasteiger partial charge on any atom is -0.457 e. The summed E-state index contributed by atoms with van der Waals surface area (Å²) in [5, 5.41) is 11.1. The van der Waals surface area contributed by atoms with Crippen molar-refractivity contribution in [2.75, 3.05) is 0 Å². The minimum absolute atomic E-state index is 0.151. The molecule has 11 heteroatoms. The van der Waals surface area contributed by atoms with Crippen molar-refractivity contribution in [2.24, 2.45) is 0 Å². The van der Waals surface area contributed by atoms with Crippen LogP contribution in [-0.4, -0.2) is 28.8 Å². The fourth-order valence-corrected chi connectivity index (χ4v) is 2.44. The zero-order valence-corrected chi connectivity index (χ0v) is 16.7. The van der Waals surface area contributed by atoms with E-state index in [1.54, 1.807) is 6.07 Å². The van der Waals surface area contributed by atoms with Crippen LogP contribution in [0.5, 0.6) is 17.2 Å². The van der Waals surface area contributed by atoms with E-state index in [1.165, 1.54) is 18.2 Å². The standard InChI is InChI=1S/C20H17NO10/c1-11(22)29-17-8-15(9-18(30-12(2)23)19(17)31-13(3)24)20(25)28-10-14-6-4-5-7-16(14)21(26)27/h4-9H,10H2,1-3H3. The van der Waals surface area contributed by atoms with Gasteiger partial charge in [-0.25, -0.2) is 4.79 Å². The van der Waals surface area contributed by atoms with Crippen molar-refractivity contribution >= 4 is 29.6 Å². The molecule has 0 fully saturated rings.